The summed E-state index contributed by atoms with van der Waals surface area (Å²) in [4.78, 5) is 14.9. The molecule has 3 N–H and O–H groups in total. The van der Waals surface area contributed by atoms with Gasteiger partial charge in [0.05, 0.1) is 25.3 Å². The standard InChI is InChI=1S/C22H29N3O2/c1-17-6-5-9-19(14-17)21(25-10-12-27-13-11-25)16-24-22(26)20(23)15-18-7-3-2-4-8-18/h2-9,14,20-21H,10-13,15-16,23H2,1H3,(H,24,26). The number of nitrogens with one attached hydrogen (secondary N) is 1. The normalized spacial score (nSPS) is 17.3. The Hall–Kier alpha value is -2.21. The van der Waals surface area contributed by atoms with E-state index in [1.54, 1.807) is 0 Å². The second-order valence-electron chi connectivity index (χ2n) is 7.12. The number of aryl methyl sites for hydroxylation is 1. The van der Waals surface area contributed by atoms with Crippen molar-refractivity contribution in [1.29, 1.82) is 0 Å². The summed E-state index contributed by atoms with van der Waals surface area (Å²) in [7, 11) is 0. The summed E-state index contributed by atoms with van der Waals surface area (Å²) < 4.78 is 5.49. The molecule has 1 fully saturated rings. The van der Waals surface area contributed by atoms with E-state index in [1.807, 2.05) is 30.3 Å². The molecule has 0 bridgehead atoms. The first-order valence-corrected chi connectivity index (χ1v) is 9.59. The maximum absolute atomic E-state index is 12.6. The highest BCUT2D eigenvalue weighted by Crippen LogP contribution is 2.22. The van der Waals surface area contributed by atoms with Crippen molar-refractivity contribution in [2.75, 3.05) is 32.8 Å². The van der Waals surface area contributed by atoms with Gasteiger partial charge in [0.25, 0.3) is 0 Å². The number of carbonyl (C=O) groups excluding carboxylic acids is 1. The largest absolute Gasteiger partial charge is 0.379 e. The van der Waals surface area contributed by atoms with E-state index >= 15 is 0 Å². The number of rotatable bonds is 7. The van der Waals surface area contributed by atoms with Crippen LogP contribution in [0.15, 0.2) is 54.6 Å². The van der Waals surface area contributed by atoms with E-state index in [0.29, 0.717) is 13.0 Å². The fraction of sp³-hybridized carbons (Fsp3) is 0.409. The molecule has 3 rings (SSSR count). The van der Waals surface area contributed by atoms with Crippen LogP contribution < -0.4 is 11.1 Å². The zero-order chi connectivity index (χ0) is 19.1. The van der Waals surface area contributed by atoms with Gasteiger partial charge >= 0.3 is 0 Å². The zero-order valence-electron chi connectivity index (χ0n) is 15.9. The molecule has 1 heterocycles. The Morgan fingerprint density at radius 3 is 2.59 bits per heavy atom. The lowest BCUT2D eigenvalue weighted by molar-refractivity contribution is -0.122. The van der Waals surface area contributed by atoms with Gasteiger partial charge in [-0.3, -0.25) is 9.69 Å². The van der Waals surface area contributed by atoms with Crippen LogP contribution >= 0.6 is 0 Å². The number of nitrogens with zero attached hydrogens (tertiary/aromatic N) is 1. The third-order valence-electron chi connectivity index (χ3n) is 5.02. The lowest BCUT2D eigenvalue weighted by atomic mass is 10.0. The summed E-state index contributed by atoms with van der Waals surface area (Å²) in [6.45, 7) is 5.82. The highest BCUT2D eigenvalue weighted by atomic mass is 16.5. The summed E-state index contributed by atoms with van der Waals surface area (Å²) in [6.07, 6.45) is 0.541. The average Bonchev–Trinajstić information content (AvgIpc) is 2.69. The van der Waals surface area contributed by atoms with Gasteiger partial charge in [0, 0.05) is 19.6 Å². The minimum Gasteiger partial charge on any atom is -0.379 e. The van der Waals surface area contributed by atoms with Crippen molar-refractivity contribution in [2.24, 2.45) is 5.73 Å². The highest BCUT2D eigenvalue weighted by molar-refractivity contribution is 5.81. The van der Waals surface area contributed by atoms with Crippen LogP contribution in [0.4, 0.5) is 0 Å². The summed E-state index contributed by atoms with van der Waals surface area (Å²) in [5.74, 6) is -0.107. The Morgan fingerprint density at radius 2 is 1.89 bits per heavy atom. The maximum Gasteiger partial charge on any atom is 0.237 e. The summed E-state index contributed by atoms with van der Waals surface area (Å²) in [5, 5.41) is 3.07. The number of ether oxygens (including phenoxy) is 1. The molecular weight excluding hydrogens is 338 g/mol. The molecule has 2 atom stereocenters. The van der Waals surface area contributed by atoms with Crippen LogP contribution in [0.1, 0.15) is 22.7 Å². The fourth-order valence-corrected chi connectivity index (χ4v) is 3.51. The second-order valence-corrected chi connectivity index (χ2v) is 7.12. The van der Waals surface area contributed by atoms with Crippen molar-refractivity contribution in [2.45, 2.75) is 25.4 Å². The SMILES string of the molecule is Cc1cccc(C(CNC(=O)C(N)Cc2ccccc2)N2CCOCC2)c1. The van der Waals surface area contributed by atoms with Gasteiger partial charge in [-0.15, -0.1) is 0 Å². The first-order chi connectivity index (χ1) is 13.1. The molecule has 144 valence electrons. The van der Waals surface area contributed by atoms with Crippen LogP contribution in [0.2, 0.25) is 0 Å². The third kappa shape index (κ3) is 5.63. The first-order valence-electron chi connectivity index (χ1n) is 9.59. The fourth-order valence-electron chi connectivity index (χ4n) is 3.51. The maximum atomic E-state index is 12.6. The minimum absolute atomic E-state index is 0.107. The Morgan fingerprint density at radius 1 is 1.15 bits per heavy atom. The van der Waals surface area contributed by atoms with E-state index < -0.39 is 6.04 Å². The quantitative estimate of drug-likeness (QED) is 0.786. The van der Waals surface area contributed by atoms with Gasteiger partial charge in [0.2, 0.25) is 5.91 Å². The van der Waals surface area contributed by atoms with Crippen molar-refractivity contribution in [1.82, 2.24) is 10.2 Å². The molecule has 5 nitrogen and oxygen atoms in total. The monoisotopic (exact) mass is 367 g/mol. The van der Waals surface area contributed by atoms with E-state index in [-0.39, 0.29) is 11.9 Å². The van der Waals surface area contributed by atoms with Crippen molar-refractivity contribution in [3.8, 4) is 0 Å². The minimum atomic E-state index is -0.546. The topological polar surface area (TPSA) is 67.6 Å². The van der Waals surface area contributed by atoms with E-state index in [4.69, 9.17) is 10.5 Å². The van der Waals surface area contributed by atoms with Crippen molar-refractivity contribution >= 4 is 5.91 Å². The van der Waals surface area contributed by atoms with Crippen LogP contribution in [0.3, 0.4) is 0 Å². The number of hydrogen-bond donors (Lipinski definition) is 2. The van der Waals surface area contributed by atoms with Gasteiger partial charge in [-0.25, -0.2) is 0 Å². The molecule has 5 heteroatoms. The Labute approximate surface area is 161 Å². The first kappa shape index (κ1) is 19.5. The molecular formula is C22H29N3O2. The molecule has 0 aromatic heterocycles. The number of carbonyl (C=O) groups is 1. The van der Waals surface area contributed by atoms with Gasteiger partial charge < -0.3 is 15.8 Å². The smallest absolute Gasteiger partial charge is 0.237 e. The molecule has 1 amide bonds. The number of nitrogens with two attached hydrogens (primary N) is 1. The molecule has 2 aromatic rings. The predicted octanol–water partition coefficient (Wildman–Crippen LogP) is 2.05. The Balaban J connectivity index is 1.64. The molecule has 0 spiro atoms. The molecule has 0 aliphatic carbocycles. The highest BCUT2D eigenvalue weighted by Gasteiger charge is 2.24. The van der Waals surface area contributed by atoms with Crippen molar-refractivity contribution in [3.63, 3.8) is 0 Å². The number of hydrogen-bond acceptors (Lipinski definition) is 4. The van der Waals surface area contributed by atoms with E-state index in [2.05, 4.69) is 41.4 Å². The van der Waals surface area contributed by atoms with Crippen molar-refractivity contribution < 1.29 is 9.53 Å². The van der Waals surface area contributed by atoms with E-state index in [9.17, 15) is 4.79 Å². The van der Waals surface area contributed by atoms with Crippen LogP contribution in [-0.4, -0.2) is 49.7 Å². The molecule has 1 aliphatic rings. The van der Waals surface area contributed by atoms with Gasteiger partial charge in [0.1, 0.15) is 0 Å². The van der Waals surface area contributed by atoms with Crippen LogP contribution in [0.25, 0.3) is 0 Å². The Bertz CT molecular complexity index is 729. The second kappa shape index (κ2) is 9.65. The average molecular weight is 367 g/mol. The van der Waals surface area contributed by atoms with Gasteiger partial charge in [-0.2, -0.15) is 0 Å². The molecule has 0 radical (unpaired) electrons. The molecule has 0 saturated carbocycles. The number of morpholine rings is 1. The van der Waals surface area contributed by atoms with Gasteiger partial charge in [0.15, 0.2) is 0 Å². The van der Waals surface area contributed by atoms with Gasteiger partial charge in [-0.1, -0.05) is 60.2 Å². The van der Waals surface area contributed by atoms with Crippen LogP contribution in [0.5, 0.6) is 0 Å². The van der Waals surface area contributed by atoms with Gasteiger partial charge in [-0.05, 0) is 24.5 Å². The van der Waals surface area contributed by atoms with E-state index in [0.717, 1.165) is 31.9 Å². The lowest BCUT2D eigenvalue weighted by Crippen LogP contribution is -2.47. The molecule has 2 aromatic carbocycles. The molecule has 1 aliphatic heterocycles. The number of amides is 1. The van der Waals surface area contributed by atoms with Crippen LogP contribution in [0, 0.1) is 6.92 Å². The van der Waals surface area contributed by atoms with Crippen LogP contribution in [-0.2, 0) is 16.0 Å². The summed E-state index contributed by atoms with van der Waals surface area (Å²) in [6, 6.07) is 17.9. The van der Waals surface area contributed by atoms with E-state index in [1.165, 1.54) is 11.1 Å². The zero-order valence-corrected chi connectivity index (χ0v) is 15.9. The lowest BCUT2D eigenvalue weighted by Gasteiger charge is -2.35. The molecule has 27 heavy (non-hydrogen) atoms. The molecule has 2 unspecified atom stereocenters. The Kier molecular flexibility index (Phi) is 6.98. The summed E-state index contributed by atoms with van der Waals surface area (Å²) in [5.41, 5.74) is 9.64. The molecule has 1 saturated heterocycles. The summed E-state index contributed by atoms with van der Waals surface area (Å²) >= 11 is 0. The predicted molar refractivity (Wildman–Crippen MR) is 107 cm³/mol. The number of benzene rings is 2. The van der Waals surface area contributed by atoms with Crippen molar-refractivity contribution in [3.05, 3.63) is 71.3 Å². The third-order valence-corrected chi connectivity index (χ3v) is 5.02.